The zero-order valence-electron chi connectivity index (χ0n) is 24.3. The standard InChI is InChI=1S/C35H41N2O2PS/c1-35(2,3)28-22-24-31(25-23-28)41(38,39)37-33-20-12-11-19-32(33)36-26-27-14-10-13-21-34(27)40(29-15-6-4-7-16-29)30-17-8-5-9-18-30/h4-10,13-18,21-25,32-33,36-37H,11-12,19-20,26H2,1-3H3/t32-,33-/m1/s1. The molecule has 0 heterocycles. The van der Waals surface area contributed by atoms with Crippen LogP contribution in [0.25, 0.3) is 0 Å². The molecule has 4 aromatic rings. The van der Waals surface area contributed by atoms with Gasteiger partial charge in [-0.1, -0.05) is 131 Å². The highest BCUT2D eigenvalue weighted by Gasteiger charge is 2.30. The first-order valence-electron chi connectivity index (χ1n) is 14.6. The molecule has 1 aliphatic carbocycles. The van der Waals surface area contributed by atoms with Crippen molar-refractivity contribution in [2.75, 3.05) is 0 Å². The molecule has 0 aromatic heterocycles. The Bertz CT molecular complexity index is 1480. The van der Waals surface area contributed by atoms with Crippen LogP contribution in [0.5, 0.6) is 0 Å². The van der Waals surface area contributed by atoms with E-state index in [0.717, 1.165) is 31.2 Å². The van der Waals surface area contributed by atoms with Crippen molar-refractivity contribution < 1.29 is 8.42 Å². The maximum Gasteiger partial charge on any atom is 0.240 e. The minimum Gasteiger partial charge on any atom is -0.308 e. The van der Waals surface area contributed by atoms with E-state index >= 15 is 0 Å². The van der Waals surface area contributed by atoms with E-state index in [0.29, 0.717) is 11.4 Å². The van der Waals surface area contributed by atoms with Crippen molar-refractivity contribution in [1.82, 2.24) is 10.0 Å². The number of hydrogen-bond donors (Lipinski definition) is 2. The van der Waals surface area contributed by atoms with Gasteiger partial charge in [0.15, 0.2) is 0 Å². The smallest absolute Gasteiger partial charge is 0.240 e. The molecule has 2 atom stereocenters. The second-order valence-electron chi connectivity index (χ2n) is 11.9. The maximum absolute atomic E-state index is 13.4. The van der Waals surface area contributed by atoms with Gasteiger partial charge in [-0.15, -0.1) is 0 Å². The molecule has 0 saturated heterocycles. The Morgan fingerprint density at radius 3 is 1.83 bits per heavy atom. The van der Waals surface area contributed by atoms with Crippen LogP contribution in [0.4, 0.5) is 0 Å². The highest BCUT2D eigenvalue weighted by atomic mass is 32.2. The lowest BCUT2D eigenvalue weighted by atomic mass is 9.87. The Hall–Kier alpha value is -2.82. The molecule has 0 bridgehead atoms. The summed E-state index contributed by atoms with van der Waals surface area (Å²) in [6.45, 7) is 7.09. The molecule has 6 heteroatoms. The molecule has 2 N–H and O–H groups in total. The van der Waals surface area contributed by atoms with Crippen LogP contribution in [0.1, 0.15) is 57.6 Å². The normalized spacial score (nSPS) is 18.0. The highest BCUT2D eigenvalue weighted by Crippen LogP contribution is 2.34. The molecular formula is C35H41N2O2PS. The zero-order chi connectivity index (χ0) is 28.9. The van der Waals surface area contributed by atoms with Gasteiger partial charge >= 0.3 is 0 Å². The predicted octanol–water partition coefficient (Wildman–Crippen LogP) is 6.12. The Labute approximate surface area is 247 Å². The molecule has 4 aromatic carbocycles. The number of benzene rings is 4. The van der Waals surface area contributed by atoms with Crippen molar-refractivity contribution in [3.05, 3.63) is 120 Å². The van der Waals surface area contributed by atoms with Gasteiger partial charge in [-0.3, -0.25) is 0 Å². The van der Waals surface area contributed by atoms with Crippen LogP contribution < -0.4 is 26.0 Å². The number of rotatable bonds is 9. The predicted molar refractivity (Wildman–Crippen MR) is 173 cm³/mol. The second-order valence-corrected chi connectivity index (χ2v) is 15.8. The summed E-state index contributed by atoms with van der Waals surface area (Å²) in [7, 11) is -4.34. The van der Waals surface area contributed by atoms with Crippen LogP contribution in [-0.4, -0.2) is 20.5 Å². The zero-order valence-corrected chi connectivity index (χ0v) is 26.0. The fraction of sp³-hybridized carbons (Fsp3) is 0.314. The van der Waals surface area contributed by atoms with E-state index in [4.69, 9.17) is 0 Å². The molecule has 41 heavy (non-hydrogen) atoms. The van der Waals surface area contributed by atoms with Crippen molar-refractivity contribution in [3.8, 4) is 0 Å². The van der Waals surface area contributed by atoms with Gasteiger partial charge in [0.05, 0.1) is 4.90 Å². The SMILES string of the molecule is CC(C)(C)c1ccc(S(=O)(=O)N[C@@H]2CCCC[C@H]2NCc2ccccc2P(c2ccccc2)c2ccccc2)cc1. The fourth-order valence-corrected chi connectivity index (χ4v) is 9.40. The topological polar surface area (TPSA) is 58.2 Å². The third-order valence-electron chi connectivity index (χ3n) is 7.92. The summed E-state index contributed by atoms with van der Waals surface area (Å²) in [5, 5.41) is 7.75. The molecule has 0 unspecified atom stereocenters. The summed E-state index contributed by atoms with van der Waals surface area (Å²) in [5.74, 6) is 0. The molecule has 5 rings (SSSR count). The van der Waals surface area contributed by atoms with E-state index in [-0.39, 0.29) is 17.5 Å². The van der Waals surface area contributed by atoms with Crippen LogP contribution in [-0.2, 0) is 22.0 Å². The molecule has 1 saturated carbocycles. The van der Waals surface area contributed by atoms with Gasteiger partial charge in [-0.25, -0.2) is 13.1 Å². The lowest BCUT2D eigenvalue weighted by Gasteiger charge is -2.33. The second kappa shape index (κ2) is 13.0. The Kier molecular flexibility index (Phi) is 9.41. The lowest BCUT2D eigenvalue weighted by molar-refractivity contribution is 0.309. The van der Waals surface area contributed by atoms with Gasteiger partial charge in [0, 0.05) is 18.6 Å². The van der Waals surface area contributed by atoms with E-state index in [9.17, 15) is 8.42 Å². The Morgan fingerprint density at radius 2 is 1.24 bits per heavy atom. The van der Waals surface area contributed by atoms with Gasteiger partial charge < -0.3 is 5.32 Å². The van der Waals surface area contributed by atoms with Crippen molar-refractivity contribution in [2.24, 2.45) is 0 Å². The molecule has 1 aliphatic rings. The average Bonchev–Trinajstić information content (AvgIpc) is 2.98. The fourth-order valence-electron chi connectivity index (χ4n) is 5.62. The van der Waals surface area contributed by atoms with E-state index in [1.54, 1.807) is 12.1 Å². The molecule has 0 spiro atoms. The summed E-state index contributed by atoms with van der Waals surface area (Å²) in [6, 6.07) is 37.4. The van der Waals surface area contributed by atoms with E-state index < -0.39 is 17.9 Å². The summed E-state index contributed by atoms with van der Waals surface area (Å²) in [4.78, 5) is 0.330. The van der Waals surface area contributed by atoms with Crippen LogP contribution in [0.3, 0.4) is 0 Å². The number of sulfonamides is 1. The first-order valence-corrected chi connectivity index (χ1v) is 17.4. The average molecular weight is 585 g/mol. The van der Waals surface area contributed by atoms with Gasteiger partial charge in [0.1, 0.15) is 0 Å². The summed E-state index contributed by atoms with van der Waals surface area (Å²) < 4.78 is 29.9. The lowest BCUT2D eigenvalue weighted by Crippen LogP contribution is -2.51. The van der Waals surface area contributed by atoms with Crippen molar-refractivity contribution in [1.29, 1.82) is 0 Å². The van der Waals surface area contributed by atoms with Gasteiger partial charge in [0.2, 0.25) is 10.0 Å². The maximum atomic E-state index is 13.4. The number of nitrogens with one attached hydrogen (secondary N) is 2. The highest BCUT2D eigenvalue weighted by molar-refractivity contribution is 7.89. The van der Waals surface area contributed by atoms with Crippen LogP contribution in [0.2, 0.25) is 0 Å². The molecule has 0 radical (unpaired) electrons. The molecule has 1 fully saturated rings. The van der Waals surface area contributed by atoms with Crippen LogP contribution >= 0.6 is 7.92 Å². The summed E-state index contributed by atoms with van der Waals surface area (Å²) in [6.07, 6.45) is 3.90. The first-order chi connectivity index (χ1) is 19.7. The third kappa shape index (κ3) is 7.34. The van der Waals surface area contributed by atoms with Crippen molar-refractivity contribution in [2.45, 2.75) is 75.4 Å². The quantitative estimate of drug-likeness (QED) is 0.233. The van der Waals surface area contributed by atoms with Crippen molar-refractivity contribution in [3.63, 3.8) is 0 Å². The van der Waals surface area contributed by atoms with E-state index in [1.165, 1.54) is 21.5 Å². The monoisotopic (exact) mass is 584 g/mol. The summed E-state index contributed by atoms with van der Waals surface area (Å²) >= 11 is 0. The van der Waals surface area contributed by atoms with Crippen molar-refractivity contribution >= 4 is 33.9 Å². The molecule has 0 amide bonds. The Balaban J connectivity index is 1.35. The third-order valence-corrected chi connectivity index (χ3v) is 12.0. The first kappa shape index (κ1) is 29.7. The van der Waals surface area contributed by atoms with Gasteiger partial charge in [0.25, 0.3) is 0 Å². The minimum absolute atomic E-state index is 0.0221. The largest absolute Gasteiger partial charge is 0.308 e. The van der Waals surface area contributed by atoms with E-state index in [2.05, 4.69) is 116 Å². The summed E-state index contributed by atoms with van der Waals surface area (Å²) in [5.41, 5.74) is 2.36. The number of hydrogen-bond acceptors (Lipinski definition) is 3. The molecule has 214 valence electrons. The van der Waals surface area contributed by atoms with Crippen LogP contribution in [0.15, 0.2) is 114 Å². The van der Waals surface area contributed by atoms with Crippen LogP contribution in [0, 0.1) is 0 Å². The molecular weight excluding hydrogens is 543 g/mol. The Morgan fingerprint density at radius 1 is 0.707 bits per heavy atom. The van der Waals surface area contributed by atoms with Gasteiger partial charge in [-0.2, -0.15) is 0 Å². The molecule has 4 nitrogen and oxygen atoms in total. The van der Waals surface area contributed by atoms with E-state index in [1.807, 2.05) is 12.1 Å². The van der Waals surface area contributed by atoms with Gasteiger partial charge in [-0.05, 0) is 65.4 Å². The minimum atomic E-state index is -3.62. The molecule has 0 aliphatic heterocycles.